The molecule has 104 valence electrons. The zero-order valence-corrected chi connectivity index (χ0v) is 12.2. The molecule has 0 saturated heterocycles. The summed E-state index contributed by atoms with van der Waals surface area (Å²) < 4.78 is 0. The van der Waals surface area contributed by atoms with E-state index in [1.54, 1.807) is 0 Å². The van der Waals surface area contributed by atoms with E-state index in [2.05, 4.69) is 11.6 Å². The Bertz CT molecular complexity index is 410. The van der Waals surface area contributed by atoms with Crippen molar-refractivity contribution in [2.75, 3.05) is 6.26 Å². The number of benzene rings is 1. The van der Waals surface area contributed by atoms with Crippen molar-refractivity contribution >= 4 is 17.7 Å². The Morgan fingerprint density at radius 3 is 2.84 bits per heavy atom. The summed E-state index contributed by atoms with van der Waals surface area (Å²) in [6.07, 6.45) is 6.18. The van der Waals surface area contributed by atoms with Crippen LogP contribution in [0.25, 0.3) is 0 Å². The number of nitrogens with one attached hydrogen (secondary N) is 1. The molecule has 1 aliphatic rings. The van der Waals surface area contributed by atoms with E-state index in [9.17, 15) is 4.79 Å². The first-order chi connectivity index (χ1) is 9.20. The molecule has 1 fully saturated rings. The maximum atomic E-state index is 12.1. The summed E-state index contributed by atoms with van der Waals surface area (Å²) in [6.45, 7) is 0. The van der Waals surface area contributed by atoms with Gasteiger partial charge >= 0.3 is 0 Å². The van der Waals surface area contributed by atoms with E-state index in [0.29, 0.717) is 17.7 Å². The Morgan fingerprint density at radius 2 is 2.16 bits per heavy atom. The van der Waals surface area contributed by atoms with Crippen molar-refractivity contribution in [3.05, 3.63) is 35.9 Å². The number of carbonyl (C=O) groups excluding carboxylic acids is 1. The summed E-state index contributed by atoms with van der Waals surface area (Å²) >= 11 is 1.84. The van der Waals surface area contributed by atoms with E-state index in [4.69, 9.17) is 5.73 Å². The Kier molecular flexibility index (Phi) is 5.28. The minimum Gasteiger partial charge on any atom is -0.351 e. The van der Waals surface area contributed by atoms with Crippen molar-refractivity contribution in [1.82, 2.24) is 5.32 Å². The minimum absolute atomic E-state index is 0.0187. The fourth-order valence-corrected chi connectivity index (χ4v) is 3.56. The van der Waals surface area contributed by atoms with E-state index in [1.807, 2.05) is 42.1 Å². The molecule has 0 aliphatic heterocycles. The third-order valence-electron chi connectivity index (χ3n) is 3.72. The molecular weight excluding hydrogens is 256 g/mol. The quantitative estimate of drug-likeness (QED) is 0.865. The number of hydrogen-bond donors (Lipinski definition) is 2. The standard InChI is InChI=1S/C15H22N2OS/c1-19-14-9-5-8-13(14)17-15(18)12(16)10-11-6-3-2-4-7-11/h2-4,6-7,12-14H,5,8-10,16H2,1H3,(H,17,18)/t12-,13?,14?/m0/s1. The van der Waals surface area contributed by atoms with Crippen LogP contribution in [0.2, 0.25) is 0 Å². The van der Waals surface area contributed by atoms with Gasteiger partial charge in [0.05, 0.1) is 6.04 Å². The van der Waals surface area contributed by atoms with Crippen molar-refractivity contribution in [2.45, 2.75) is 43.0 Å². The first-order valence-corrected chi connectivity index (χ1v) is 8.12. The molecule has 3 nitrogen and oxygen atoms in total. The maximum absolute atomic E-state index is 12.1. The third kappa shape index (κ3) is 3.98. The van der Waals surface area contributed by atoms with Crippen LogP contribution in [-0.2, 0) is 11.2 Å². The molecule has 1 aliphatic carbocycles. The zero-order valence-electron chi connectivity index (χ0n) is 11.3. The largest absolute Gasteiger partial charge is 0.351 e. The van der Waals surface area contributed by atoms with Crippen molar-refractivity contribution in [3.8, 4) is 0 Å². The lowest BCUT2D eigenvalue weighted by Crippen LogP contribution is -2.48. The van der Waals surface area contributed by atoms with Crippen molar-refractivity contribution in [1.29, 1.82) is 0 Å². The van der Waals surface area contributed by atoms with Crippen molar-refractivity contribution < 1.29 is 4.79 Å². The van der Waals surface area contributed by atoms with Crippen LogP contribution in [0.4, 0.5) is 0 Å². The zero-order chi connectivity index (χ0) is 13.7. The Hall–Kier alpha value is -1.00. The highest BCUT2D eigenvalue weighted by Crippen LogP contribution is 2.28. The average molecular weight is 278 g/mol. The highest BCUT2D eigenvalue weighted by molar-refractivity contribution is 7.99. The predicted octanol–water partition coefficient (Wildman–Crippen LogP) is 1.96. The van der Waals surface area contributed by atoms with Crippen LogP contribution in [-0.4, -0.2) is 29.5 Å². The normalized spacial score (nSPS) is 24.1. The molecule has 3 atom stereocenters. The van der Waals surface area contributed by atoms with Gasteiger partial charge in [-0.05, 0) is 31.1 Å². The molecule has 1 aromatic rings. The van der Waals surface area contributed by atoms with Crippen molar-refractivity contribution in [3.63, 3.8) is 0 Å². The van der Waals surface area contributed by atoms with Gasteiger partial charge in [-0.1, -0.05) is 36.8 Å². The summed E-state index contributed by atoms with van der Waals surface area (Å²) in [6, 6.07) is 9.77. The fraction of sp³-hybridized carbons (Fsp3) is 0.533. The van der Waals surface area contributed by atoms with Gasteiger partial charge in [0.1, 0.15) is 0 Å². The van der Waals surface area contributed by atoms with Gasteiger partial charge in [0.15, 0.2) is 0 Å². The van der Waals surface area contributed by atoms with Gasteiger partial charge in [-0.25, -0.2) is 0 Å². The lowest BCUT2D eigenvalue weighted by Gasteiger charge is -2.21. The molecule has 19 heavy (non-hydrogen) atoms. The molecule has 0 spiro atoms. The van der Waals surface area contributed by atoms with E-state index in [1.165, 1.54) is 12.8 Å². The molecule has 1 saturated carbocycles. The molecule has 0 radical (unpaired) electrons. The van der Waals surface area contributed by atoms with Crippen LogP contribution in [0.15, 0.2) is 30.3 Å². The van der Waals surface area contributed by atoms with E-state index < -0.39 is 6.04 Å². The van der Waals surface area contributed by atoms with Crippen LogP contribution >= 0.6 is 11.8 Å². The molecule has 0 bridgehead atoms. The fourth-order valence-electron chi connectivity index (χ4n) is 2.62. The Balaban J connectivity index is 1.85. The molecule has 0 heterocycles. The first-order valence-electron chi connectivity index (χ1n) is 6.83. The second-order valence-electron chi connectivity index (χ2n) is 5.12. The molecule has 3 N–H and O–H groups in total. The Morgan fingerprint density at radius 1 is 1.42 bits per heavy atom. The number of rotatable bonds is 5. The van der Waals surface area contributed by atoms with Gasteiger partial charge in [-0.2, -0.15) is 11.8 Å². The lowest BCUT2D eigenvalue weighted by molar-refractivity contribution is -0.123. The van der Waals surface area contributed by atoms with E-state index >= 15 is 0 Å². The molecular formula is C15H22N2OS. The minimum atomic E-state index is -0.453. The Labute approximate surface area is 119 Å². The summed E-state index contributed by atoms with van der Waals surface area (Å²) in [5.74, 6) is -0.0187. The molecule has 4 heteroatoms. The van der Waals surface area contributed by atoms with Gasteiger partial charge in [0.2, 0.25) is 5.91 Å². The van der Waals surface area contributed by atoms with Crippen molar-refractivity contribution in [2.24, 2.45) is 5.73 Å². The average Bonchev–Trinajstić information content (AvgIpc) is 2.87. The number of thioether (sulfide) groups is 1. The number of nitrogens with two attached hydrogens (primary N) is 1. The number of amides is 1. The lowest BCUT2D eigenvalue weighted by atomic mass is 10.1. The van der Waals surface area contributed by atoms with Crippen LogP contribution in [0.5, 0.6) is 0 Å². The van der Waals surface area contributed by atoms with E-state index in [-0.39, 0.29) is 5.91 Å². The molecule has 1 aromatic carbocycles. The van der Waals surface area contributed by atoms with E-state index in [0.717, 1.165) is 12.0 Å². The van der Waals surface area contributed by atoms with Crippen LogP contribution in [0, 0.1) is 0 Å². The number of carbonyl (C=O) groups is 1. The van der Waals surface area contributed by atoms with Gasteiger partial charge in [-0.15, -0.1) is 0 Å². The molecule has 2 unspecified atom stereocenters. The summed E-state index contributed by atoms with van der Waals surface area (Å²) in [5.41, 5.74) is 7.10. The molecule has 1 amide bonds. The van der Waals surface area contributed by atoms with Crippen LogP contribution in [0.3, 0.4) is 0 Å². The second-order valence-corrected chi connectivity index (χ2v) is 6.19. The monoisotopic (exact) mass is 278 g/mol. The highest BCUT2D eigenvalue weighted by Gasteiger charge is 2.29. The smallest absolute Gasteiger partial charge is 0.237 e. The van der Waals surface area contributed by atoms with Gasteiger partial charge in [0, 0.05) is 11.3 Å². The van der Waals surface area contributed by atoms with Crippen LogP contribution < -0.4 is 11.1 Å². The van der Waals surface area contributed by atoms with Gasteiger partial charge < -0.3 is 11.1 Å². The predicted molar refractivity (Wildman–Crippen MR) is 81.2 cm³/mol. The summed E-state index contributed by atoms with van der Waals surface area (Å²) in [4.78, 5) is 12.1. The second kappa shape index (κ2) is 6.96. The third-order valence-corrected chi connectivity index (χ3v) is 4.89. The first kappa shape index (κ1) is 14.4. The number of hydrogen-bond acceptors (Lipinski definition) is 3. The van der Waals surface area contributed by atoms with Crippen LogP contribution in [0.1, 0.15) is 24.8 Å². The van der Waals surface area contributed by atoms with Gasteiger partial charge in [-0.3, -0.25) is 4.79 Å². The topological polar surface area (TPSA) is 55.1 Å². The SMILES string of the molecule is CSC1CCCC1NC(=O)[C@@H](N)Cc1ccccc1. The highest BCUT2D eigenvalue weighted by atomic mass is 32.2. The summed E-state index contributed by atoms with van der Waals surface area (Å²) in [7, 11) is 0. The maximum Gasteiger partial charge on any atom is 0.237 e. The molecule has 2 rings (SSSR count). The summed E-state index contributed by atoms with van der Waals surface area (Å²) in [5, 5.41) is 3.66. The van der Waals surface area contributed by atoms with Gasteiger partial charge in [0.25, 0.3) is 0 Å². The molecule has 0 aromatic heterocycles.